The van der Waals surface area contributed by atoms with Crippen LogP contribution in [-0.4, -0.2) is 31.7 Å². The monoisotopic (exact) mass is 408 g/mol. The van der Waals surface area contributed by atoms with Crippen molar-refractivity contribution in [2.24, 2.45) is 0 Å². The first-order chi connectivity index (χ1) is 13.9. The molecule has 1 aromatic heterocycles. The third kappa shape index (κ3) is 4.92. The molecule has 0 spiro atoms. The van der Waals surface area contributed by atoms with E-state index in [1.807, 2.05) is 43.5 Å². The first-order valence-electron chi connectivity index (χ1n) is 9.47. The summed E-state index contributed by atoms with van der Waals surface area (Å²) in [7, 11) is 0. The molecular formula is C22H24N4O2S. The van der Waals surface area contributed by atoms with E-state index in [4.69, 9.17) is 0 Å². The second-order valence-electron chi connectivity index (χ2n) is 6.80. The largest absolute Gasteiger partial charge is 0.325 e. The second kappa shape index (κ2) is 9.05. The van der Waals surface area contributed by atoms with Gasteiger partial charge in [-0.2, -0.15) is 0 Å². The number of rotatable bonds is 7. The van der Waals surface area contributed by atoms with Crippen molar-refractivity contribution < 1.29 is 9.59 Å². The summed E-state index contributed by atoms with van der Waals surface area (Å²) < 4.78 is 2.02. The Morgan fingerprint density at radius 3 is 2.48 bits per heavy atom. The lowest BCUT2D eigenvalue weighted by atomic mass is 10.1. The number of amides is 1. The second-order valence-corrected chi connectivity index (χ2v) is 8.11. The number of carbonyl (C=O) groups is 2. The summed E-state index contributed by atoms with van der Waals surface area (Å²) in [6.07, 6.45) is 0. The van der Waals surface area contributed by atoms with Crippen LogP contribution in [0.15, 0.2) is 53.7 Å². The summed E-state index contributed by atoms with van der Waals surface area (Å²) in [5, 5.41) is 11.9. The third-order valence-corrected chi connectivity index (χ3v) is 5.60. The molecule has 0 fully saturated rings. The minimum Gasteiger partial charge on any atom is -0.325 e. The Labute approximate surface area is 174 Å². The first kappa shape index (κ1) is 20.8. The number of hydrogen-bond donors (Lipinski definition) is 1. The number of anilines is 1. The zero-order valence-corrected chi connectivity index (χ0v) is 17.8. The van der Waals surface area contributed by atoms with Crippen LogP contribution in [0.25, 0.3) is 11.4 Å². The van der Waals surface area contributed by atoms with Crippen molar-refractivity contribution in [3.8, 4) is 11.4 Å². The number of nitrogens with zero attached hydrogens (tertiary/aromatic N) is 3. The van der Waals surface area contributed by atoms with Gasteiger partial charge in [-0.15, -0.1) is 10.2 Å². The van der Waals surface area contributed by atoms with Crippen LogP contribution < -0.4 is 5.32 Å². The van der Waals surface area contributed by atoms with Crippen LogP contribution in [0.2, 0.25) is 0 Å². The maximum atomic E-state index is 12.6. The number of ketones is 1. The number of thioether (sulfide) groups is 1. The van der Waals surface area contributed by atoms with Gasteiger partial charge >= 0.3 is 0 Å². The maximum absolute atomic E-state index is 12.6. The zero-order valence-electron chi connectivity index (χ0n) is 17.0. The molecular weight excluding hydrogens is 384 g/mol. The summed E-state index contributed by atoms with van der Waals surface area (Å²) >= 11 is 1.37. The van der Waals surface area contributed by atoms with E-state index in [2.05, 4.69) is 21.6 Å². The van der Waals surface area contributed by atoms with Crippen molar-refractivity contribution in [1.29, 1.82) is 0 Å². The molecule has 3 rings (SSSR count). The molecule has 1 atom stereocenters. The molecule has 0 aliphatic heterocycles. The molecule has 0 aliphatic carbocycles. The fourth-order valence-corrected chi connectivity index (χ4v) is 3.82. The lowest BCUT2D eigenvalue weighted by Gasteiger charge is -2.13. The molecule has 0 aliphatic rings. The minimum absolute atomic E-state index is 0.00452. The molecule has 0 saturated carbocycles. The van der Waals surface area contributed by atoms with Crippen molar-refractivity contribution >= 4 is 29.1 Å². The van der Waals surface area contributed by atoms with E-state index < -0.39 is 0 Å². The number of aryl methyl sites for hydroxylation is 1. The number of carbonyl (C=O) groups excluding carboxylic acids is 2. The van der Waals surface area contributed by atoms with Crippen molar-refractivity contribution in [3.05, 3.63) is 59.7 Å². The molecule has 0 radical (unpaired) electrons. The van der Waals surface area contributed by atoms with Gasteiger partial charge in [0.05, 0.1) is 5.25 Å². The van der Waals surface area contributed by atoms with Gasteiger partial charge in [0.25, 0.3) is 0 Å². The van der Waals surface area contributed by atoms with Crippen LogP contribution in [0.3, 0.4) is 0 Å². The van der Waals surface area contributed by atoms with Gasteiger partial charge in [-0.05, 0) is 58.0 Å². The molecule has 0 unspecified atom stereocenters. The minimum atomic E-state index is -0.359. The maximum Gasteiger partial charge on any atom is 0.237 e. The molecule has 1 heterocycles. The third-order valence-electron chi connectivity index (χ3n) is 4.52. The Balaban J connectivity index is 1.72. The quantitative estimate of drug-likeness (QED) is 0.457. The number of hydrogen-bond acceptors (Lipinski definition) is 5. The van der Waals surface area contributed by atoms with E-state index in [0.29, 0.717) is 23.0 Å². The predicted octanol–water partition coefficient (Wildman–Crippen LogP) is 4.60. The number of Topliss-reactive ketones (excluding diaryl/α,β-unsaturated/α-hetero) is 1. The first-order valence-corrected chi connectivity index (χ1v) is 10.4. The number of aromatic nitrogens is 3. The molecule has 7 heteroatoms. The lowest BCUT2D eigenvalue weighted by molar-refractivity contribution is -0.115. The summed E-state index contributed by atoms with van der Waals surface area (Å²) in [6, 6.07) is 15.0. The highest BCUT2D eigenvalue weighted by molar-refractivity contribution is 8.00. The highest BCUT2D eigenvalue weighted by atomic mass is 32.2. The molecule has 2 aromatic carbocycles. The van der Waals surface area contributed by atoms with Gasteiger partial charge in [0.2, 0.25) is 5.91 Å². The molecule has 0 saturated heterocycles. The van der Waals surface area contributed by atoms with Gasteiger partial charge in [0.15, 0.2) is 16.8 Å². The van der Waals surface area contributed by atoms with Crippen molar-refractivity contribution in [2.75, 3.05) is 5.32 Å². The Morgan fingerprint density at radius 2 is 1.86 bits per heavy atom. The van der Waals surface area contributed by atoms with E-state index in [1.54, 1.807) is 24.3 Å². The van der Waals surface area contributed by atoms with Crippen LogP contribution in [0, 0.1) is 6.92 Å². The van der Waals surface area contributed by atoms with Crippen molar-refractivity contribution in [2.45, 2.75) is 44.6 Å². The number of nitrogens with one attached hydrogen (secondary N) is 1. The van der Waals surface area contributed by atoms with Gasteiger partial charge < -0.3 is 9.88 Å². The topological polar surface area (TPSA) is 76.9 Å². The predicted molar refractivity (Wildman–Crippen MR) is 116 cm³/mol. The molecule has 29 heavy (non-hydrogen) atoms. The summed E-state index contributed by atoms with van der Waals surface area (Å²) in [5.74, 6) is 0.662. The Bertz CT molecular complexity index is 1030. The molecule has 1 N–H and O–H groups in total. The van der Waals surface area contributed by atoms with E-state index >= 15 is 0 Å². The average Bonchev–Trinajstić information content (AvgIpc) is 3.10. The van der Waals surface area contributed by atoms with Crippen molar-refractivity contribution in [3.63, 3.8) is 0 Å². The van der Waals surface area contributed by atoms with Crippen LogP contribution in [-0.2, 0) is 11.3 Å². The zero-order chi connectivity index (χ0) is 21.0. The van der Waals surface area contributed by atoms with E-state index in [0.717, 1.165) is 17.0 Å². The van der Waals surface area contributed by atoms with Crippen LogP contribution in [0.5, 0.6) is 0 Å². The molecule has 6 nitrogen and oxygen atoms in total. The van der Waals surface area contributed by atoms with E-state index in [-0.39, 0.29) is 16.9 Å². The average molecular weight is 409 g/mol. The summed E-state index contributed by atoms with van der Waals surface area (Å²) in [4.78, 5) is 24.0. The van der Waals surface area contributed by atoms with Crippen LogP contribution in [0.1, 0.15) is 36.7 Å². The van der Waals surface area contributed by atoms with Gasteiger partial charge in [-0.1, -0.05) is 35.5 Å². The smallest absolute Gasteiger partial charge is 0.237 e. The Morgan fingerprint density at radius 1 is 1.14 bits per heavy atom. The van der Waals surface area contributed by atoms with Gasteiger partial charge in [-0.25, -0.2) is 0 Å². The SMILES string of the molecule is CCn1c(S[C@H](C)C(=O)Nc2ccc(C(C)=O)cc2)nnc1-c1cccc(C)c1. The van der Waals surface area contributed by atoms with E-state index in [1.165, 1.54) is 18.7 Å². The van der Waals surface area contributed by atoms with E-state index in [9.17, 15) is 9.59 Å². The molecule has 0 bridgehead atoms. The number of benzene rings is 2. The van der Waals surface area contributed by atoms with Gasteiger partial charge in [0, 0.05) is 23.4 Å². The standard InChI is InChI=1S/C22H24N4O2S/c1-5-26-20(18-8-6-7-14(2)13-18)24-25-22(26)29-16(4)21(28)23-19-11-9-17(10-12-19)15(3)27/h6-13,16H,5H2,1-4H3,(H,23,28)/t16-/m1/s1. The van der Waals surface area contributed by atoms with Crippen molar-refractivity contribution in [1.82, 2.24) is 14.8 Å². The Kier molecular flexibility index (Phi) is 6.49. The summed E-state index contributed by atoms with van der Waals surface area (Å²) in [5.41, 5.74) is 3.44. The lowest BCUT2D eigenvalue weighted by Crippen LogP contribution is -2.23. The highest BCUT2D eigenvalue weighted by Gasteiger charge is 2.20. The molecule has 3 aromatic rings. The molecule has 150 valence electrons. The van der Waals surface area contributed by atoms with Crippen LogP contribution in [0.4, 0.5) is 5.69 Å². The fourth-order valence-electron chi connectivity index (χ4n) is 2.90. The van der Waals surface area contributed by atoms with Gasteiger partial charge in [-0.3, -0.25) is 9.59 Å². The molecule has 1 amide bonds. The normalized spacial score (nSPS) is 11.9. The Hall–Kier alpha value is -2.93. The van der Waals surface area contributed by atoms with Crippen LogP contribution >= 0.6 is 11.8 Å². The van der Waals surface area contributed by atoms with Gasteiger partial charge in [0.1, 0.15) is 0 Å². The summed E-state index contributed by atoms with van der Waals surface area (Å²) in [6.45, 7) is 8.14. The highest BCUT2D eigenvalue weighted by Crippen LogP contribution is 2.27. The fraction of sp³-hybridized carbons (Fsp3) is 0.273.